The van der Waals surface area contributed by atoms with Crippen LogP contribution in [0, 0.1) is 19.9 Å². The van der Waals surface area contributed by atoms with E-state index in [0.29, 0.717) is 0 Å². The molecule has 0 aliphatic heterocycles. The first-order valence-corrected chi connectivity index (χ1v) is 5.04. The predicted octanol–water partition coefficient (Wildman–Crippen LogP) is -5.15. The minimum absolute atomic E-state index is 0. The number of hydrogen-bond acceptors (Lipinski definition) is 0. The maximum Gasteiger partial charge on any atom is 4.00 e. The molecular formula is C14H15Cl3V. The van der Waals surface area contributed by atoms with Crippen LogP contribution in [-0.2, 0) is 18.6 Å². The van der Waals surface area contributed by atoms with Gasteiger partial charge in [-0.05, 0) is 0 Å². The van der Waals surface area contributed by atoms with Gasteiger partial charge < -0.3 is 37.2 Å². The quantitative estimate of drug-likeness (QED) is 0.449. The Bertz CT molecular complexity index is 416. The molecule has 1 aliphatic rings. The van der Waals surface area contributed by atoms with Crippen molar-refractivity contribution < 1.29 is 55.8 Å². The first-order chi connectivity index (χ1) is 6.70. The molecule has 0 bridgehead atoms. The van der Waals surface area contributed by atoms with Gasteiger partial charge in [0.25, 0.3) is 0 Å². The fourth-order valence-electron chi connectivity index (χ4n) is 2.03. The minimum Gasteiger partial charge on any atom is -1.00 e. The van der Waals surface area contributed by atoms with Gasteiger partial charge in [-0.15, -0.1) is 5.56 Å². The molecule has 1 aliphatic carbocycles. The second-order valence-electron chi connectivity index (χ2n) is 3.97. The molecule has 0 unspecified atom stereocenters. The van der Waals surface area contributed by atoms with Crippen LogP contribution in [0.4, 0.5) is 0 Å². The first kappa shape index (κ1) is 23.3. The van der Waals surface area contributed by atoms with E-state index in [9.17, 15) is 0 Å². The van der Waals surface area contributed by atoms with Crippen molar-refractivity contribution in [3.63, 3.8) is 0 Å². The van der Waals surface area contributed by atoms with E-state index < -0.39 is 0 Å². The van der Waals surface area contributed by atoms with Gasteiger partial charge in [0.05, 0.1) is 0 Å². The molecule has 4 heteroatoms. The fourth-order valence-corrected chi connectivity index (χ4v) is 2.03. The zero-order valence-electron chi connectivity index (χ0n) is 10.6. The van der Waals surface area contributed by atoms with Gasteiger partial charge >= 0.3 is 18.6 Å². The van der Waals surface area contributed by atoms with E-state index in [1.807, 2.05) is 0 Å². The smallest absolute Gasteiger partial charge is 1.00 e. The Morgan fingerprint density at radius 1 is 0.944 bits per heavy atom. The van der Waals surface area contributed by atoms with E-state index >= 15 is 0 Å². The summed E-state index contributed by atoms with van der Waals surface area (Å²) < 4.78 is 0. The van der Waals surface area contributed by atoms with Crippen molar-refractivity contribution in [2.24, 2.45) is 0 Å². The average molecular weight is 341 g/mol. The first-order valence-electron chi connectivity index (χ1n) is 5.04. The summed E-state index contributed by atoms with van der Waals surface area (Å²) >= 11 is 0. The van der Waals surface area contributed by atoms with Gasteiger partial charge in [0.1, 0.15) is 0 Å². The largest absolute Gasteiger partial charge is 4.00 e. The Kier molecular flexibility index (Phi) is 12.9. The molecule has 1 radical (unpaired) electrons. The van der Waals surface area contributed by atoms with E-state index in [1.165, 1.54) is 27.8 Å². The molecular weight excluding hydrogens is 325 g/mol. The number of benzene rings is 1. The van der Waals surface area contributed by atoms with Gasteiger partial charge in [0.15, 0.2) is 0 Å². The Hall–Kier alpha value is 0.154. The average Bonchev–Trinajstić information content (AvgIpc) is 2.52. The molecule has 0 aromatic heterocycles. The third kappa shape index (κ3) is 4.68. The summed E-state index contributed by atoms with van der Waals surface area (Å²) in [5.74, 6) is 0. The number of aryl methyl sites for hydroxylation is 2. The van der Waals surface area contributed by atoms with E-state index in [2.05, 4.69) is 51.1 Å². The molecule has 0 fully saturated rings. The third-order valence-electron chi connectivity index (χ3n) is 2.81. The molecule has 0 atom stereocenters. The van der Waals surface area contributed by atoms with Crippen LogP contribution in [0.5, 0.6) is 0 Å². The van der Waals surface area contributed by atoms with E-state index in [4.69, 9.17) is 0 Å². The molecule has 0 saturated carbocycles. The standard InChI is InChI=1S/C14H15.3ClH.V/c1-10-6-5-9-13(10)14-11(2)7-4-8-12(14)3;;;;/h4-5,7-8H,6H2,1-3H3;3*1H;/q-1;;;;+4/p-3. The molecule has 18 heavy (non-hydrogen) atoms. The van der Waals surface area contributed by atoms with Crippen LogP contribution in [0.15, 0.2) is 29.8 Å². The van der Waals surface area contributed by atoms with Crippen LogP contribution >= 0.6 is 0 Å². The predicted molar refractivity (Wildman–Crippen MR) is 60.9 cm³/mol. The molecule has 97 valence electrons. The number of rotatable bonds is 1. The molecule has 0 N–H and O–H groups in total. The maximum atomic E-state index is 3.36. The van der Waals surface area contributed by atoms with Crippen LogP contribution in [0.25, 0.3) is 5.57 Å². The second-order valence-corrected chi connectivity index (χ2v) is 3.97. The Balaban J connectivity index is -0.000000562. The molecule has 0 nitrogen and oxygen atoms in total. The third-order valence-corrected chi connectivity index (χ3v) is 2.81. The zero-order chi connectivity index (χ0) is 10.1. The van der Waals surface area contributed by atoms with Gasteiger partial charge in [-0.25, -0.2) is 0 Å². The Morgan fingerprint density at radius 2 is 1.44 bits per heavy atom. The summed E-state index contributed by atoms with van der Waals surface area (Å²) in [6.07, 6.45) is 6.54. The summed E-state index contributed by atoms with van der Waals surface area (Å²) in [5, 5.41) is 0. The molecule has 1 aromatic carbocycles. The number of halogens is 3. The van der Waals surface area contributed by atoms with Gasteiger partial charge in [-0.1, -0.05) is 56.5 Å². The second kappa shape index (κ2) is 10.0. The monoisotopic (exact) mass is 339 g/mol. The molecule has 1 aromatic rings. The Labute approximate surface area is 140 Å². The van der Waals surface area contributed by atoms with Crippen LogP contribution < -0.4 is 37.2 Å². The summed E-state index contributed by atoms with van der Waals surface area (Å²) in [6, 6.07) is 6.45. The van der Waals surface area contributed by atoms with Crippen molar-refractivity contribution >= 4 is 5.57 Å². The molecule has 0 spiro atoms. The maximum absolute atomic E-state index is 3.36. The zero-order valence-corrected chi connectivity index (χ0v) is 14.3. The van der Waals surface area contributed by atoms with Crippen LogP contribution in [0.1, 0.15) is 30.0 Å². The van der Waals surface area contributed by atoms with Crippen molar-refractivity contribution in [1.29, 1.82) is 0 Å². The Morgan fingerprint density at radius 3 is 1.83 bits per heavy atom. The number of allylic oxidation sites excluding steroid dienone is 4. The summed E-state index contributed by atoms with van der Waals surface area (Å²) in [6.45, 7) is 6.53. The van der Waals surface area contributed by atoms with Crippen molar-refractivity contribution in [1.82, 2.24) is 0 Å². The van der Waals surface area contributed by atoms with Gasteiger partial charge in [0, 0.05) is 0 Å². The van der Waals surface area contributed by atoms with Gasteiger partial charge in [-0.3, -0.25) is 0 Å². The summed E-state index contributed by atoms with van der Waals surface area (Å²) in [5.41, 5.74) is 6.81. The van der Waals surface area contributed by atoms with E-state index in [-0.39, 0.29) is 55.8 Å². The molecule has 0 heterocycles. The molecule has 2 rings (SSSR count). The topological polar surface area (TPSA) is 0 Å². The number of hydrogen-bond donors (Lipinski definition) is 0. The van der Waals surface area contributed by atoms with Gasteiger partial charge in [0.2, 0.25) is 0 Å². The summed E-state index contributed by atoms with van der Waals surface area (Å²) in [4.78, 5) is 0. The summed E-state index contributed by atoms with van der Waals surface area (Å²) in [7, 11) is 0. The van der Waals surface area contributed by atoms with Crippen molar-refractivity contribution in [2.75, 3.05) is 0 Å². The van der Waals surface area contributed by atoms with Crippen molar-refractivity contribution in [3.8, 4) is 0 Å². The van der Waals surface area contributed by atoms with Gasteiger partial charge in [-0.2, -0.15) is 23.3 Å². The van der Waals surface area contributed by atoms with Crippen molar-refractivity contribution in [2.45, 2.75) is 27.2 Å². The van der Waals surface area contributed by atoms with Crippen LogP contribution in [-0.4, -0.2) is 0 Å². The van der Waals surface area contributed by atoms with E-state index in [1.54, 1.807) is 0 Å². The van der Waals surface area contributed by atoms with Crippen LogP contribution in [0.2, 0.25) is 0 Å². The minimum atomic E-state index is 0. The van der Waals surface area contributed by atoms with E-state index in [0.717, 1.165) is 6.42 Å². The SMILES string of the molecule is CC1=C(c2c(C)cccc2C)[C-]=CC1.[Cl-].[Cl-].[Cl-].[V+4]. The van der Waals surface area contributed by atoms with Crippen LogP contribution in [0.3, 0.4) is 0 Å². The normalized spacial score (nSPS) is 11.9. The molecule has 0 amide bonds. The fraction of sp³-hybridized carbons (Fsp3) is 0.286. The van der Waals surface area contributed by atoms with Crippen molar-refractivity contribution in [3.05, 3.63) is 52.6 Å². The molecule has 0 saturated heterocycles.